The zero-order valence-electron chi connectivity index (χ0n) is 14.9. The number of alkyl halides is 3. The molecule has 0 N–H and O–H groups in total. The summed E-state index contributed by atoms with van der Waals surface area (Å²) in [5, 5.41) is 0. The van der Waals surface area contributed by atoms with Crippen molar-refractivity contribution in [2.24, 2.45) is 5.92 Å². The van der Waals surface area contributed by atoms with Crippen LogP contribution in [0.4, 0.5) is 13.2 Å². The molecule has 146 valence electrons. The first-order valence-electron chi connectivity index (χ1n) is 9.39. The van der Waals surface area contributed by atoms with Crippen LogP contribution in [-0.2, 0) is 19.7 Å². The number of nitrogens with zero attached hydrogens (tertiary/aromatic N) is 1. The number of benzene rings is 1. The Morgan fingerprint density at radius 1 is 1.19 bits per heavy atom. The summed E-state index contributed by atoms with van der Waals surface area (Å²) in [5.74, 6) is 0.185. The number of halogens is 3. The van der Waals surface area contributed by atoms with Gasteiger partial charge in [-0.3, -0.25) is 9.59 Å². The molecule has 27 heavy (non-hydrogen) atoms. The lowest BCUT2D eigenvalue weighted by atomic mass is 9.87. The van der Waals surface area contributed by atoms with Crippen molar-refractivity contribution in [3.05, 3.63) is 35.4 Å². The minimum absolute atomic E-state index is 0.0659. The van der Waals surface area contributed by atoms with Crippen molar-refractivity contribution in [2.75, 3.05) is 19.7 Å². The molecule has 1 aromatic rings. The predicted octanol–water partition coefficient (Wildman–Crippen LogP) is 3.55. The number of likely N-dealkylation sites (tertiary alicyclic amines) is 1. The quantitative estimate of drug-likeness (QED) is 0.733. The molecule has 0 aromatic heterocycles. The molecule has 1 saturated carbocycles. The molecule has 3 aliphatic rings. The Labute approximate surface area is 155 Å². The summed E-state index contributed by atoms with van der Waals surface area (Å²) < 4.78 is 44.5. The van der Waals surface area contributed by atoms with Crippen molar-refractivity contribution in [3.8, 4) is 0 Å². The second-order valence-electron chi connectivity index (χ2n) is 7.99. The molecule has 1 aromatic carbocycles. The van der Waals surface area contributed by atoms with E-state index in [9.17, 15) is 22.8 Å². The lowest BCUT2D eigenvalue weighted by Gasteiger charge is -2.40. The second kappa shape index (κ2) is 6.53. The van der Waals surface area contributed by atoms with Crippen LogP contribution in [0, 0.1) is 5.92 Å². The van der Waals surface area contributed by atoms with Crippen LogP contribution in [0.3, 0.4) is 0 Å². The number of hydrogen-bond acceptors (Lipinski definition) is 3. The molecule has 4 rings (SSSR count). The monoisotopic (exact) mass is 381 g/mol. The highest BCUT2D eigenvalue weighted by atomic mass is 19.4. The zero-order valence-corrected chi connectivity index (χ0v) is 14.9. The fraction of sp³-hybridized carbons (Fsp3) is 0.600. The number of amides is 1. The number of hydrogen-bond donors (Lipinski definition) is 0. The summed E-state index contributed by atoms with van der Waals surface area (Å²) in [7, 11) is 0. The summed E-state index contributed by atoms with van der Waals surface area (Å²) in [5.41, 5.74) is -0.312. The maximum atomic E-state index is 13.2. The molecule has 2 aliphatic heterocycles. The Hall–Kier alpha value is -2.05. The van der Waals surface area contributed by atoms with E-state index in [2.05, 4.69) is 0 Å². The Bertz CT molecular complexity index is 734. The van der Waals surface area contributed by atoms with Gasteiger partial charge in [0.1, 0.15) is 0 Å². The lowest BCUT2D eigenvalue weighted by molar-refractivity contribution is -0.160. The van der Waals surface area contributed by atoms with Gasteiger partial charge in [-0.05, 0) is 30.4 Å². The van der Waals surface area contributed by atoms with E-state index in [0.29, 0.717) is 44.5 Å². The van der Waals surface area contributed by atoms with E-state index < -0.39 is 11.6 Å². The molecule has 4 nitrogen and oxygen atoms in total. The maximum Gasteiger partial charge on any atom is 0.398 e. The zero-order chi connectivity index (χ0) is 19.2. The van der Waals surface area contributed by atoms with Gasteiger partial charge in [-0.15, -0.1) is 0 Å². The van der Waals surface area contributed by atoms with Gasteiger partial charge in [0.05, 0.1) is 18.4 Å². The van der Waals surface area contributed by atoms with E-state index in [0.717, 1.165) is 5.56 Å². The smallest absolute Gasteiger partial charge is 0.398 e. The summed E-state index contributed by atoms with van der Waals surface area (Å²) in [6, 6.07) is 6.74. The largest absolute Gasteiger partial charge is 0.465 e. The summed E-state index contributed by atoms with van der Waals surface area (Å²) in [4.78, 5) is 25.1. The molecule has 3 fully saturated rings. The van der Waals surface area contributed by atoms with Crippen molar-refractivity contribution in [2.45, 2.75) is 49.6 Å². The molecule has 0 bridgehead atoms. The number of rotatable bonds is 5. The lowest BCUT2D eigenvalue weighted by Crippen LogP contribution is -2.48. The summed E-state index contributed by atoms with van der Waals surface area (Å²) >= 11 is 0. The van der Waals surface area contributed by atoms with Crippen molar-refractivity contribution in [3.63, 3.8) is 0 Å². The normalized spacial score (nSPS) is 24.5. The standard InChI is InChI=1S/C20H22F3NO3/c21-20(22,23)19(7-8-19)16-4-2-14(3-5-16)15-10-24(11-15)17(25)6-1-13-9-18(26)27-12-13/h2-5,13,15H,1,6-12H2/t13-/m0/s1. The van der Waals surface area contributed by atoms with Gasteiger partial charge in [0, 0.05) is 31.3 Å². The molecule has 2 heterocycles. The SMILES string of the molecule is O=C1C[C@H](CCC(=O)N2CC(c3ccc(C4(C(F)(F)F)CC4)cc3)C2)CO1. The van der Waals surface area contributed by atoms with Crippen molar-refractivity contribution in [1.29, 1.82) is 0 Å². The van der Waals surface area contributed by atoms with Gasteiger partial charge in [0.2, 0.25) is 5.91 Å². The first-order chi connectivity index (χ1) is 12.8. The van der Waals surface area contributed by atoms with Gasteiger partial charge in [-0.2, -0.15) is 13.2 Å². The number of carbonyl (C=O) groups is 2. The maximum absolute atomic E-state index is 13.2. The third kappa shape index (κ3) is 3.44. The van der Waals surface area contributed by atoms with Crippen LogP contribution in [0.2, 0.25) is 0 Å². The van der Waals surface area contributed by atoms with Crippen molar-refractivity contribution < 1.29 is 27.5 Å². The van der Waals surface area contributed by atoms with Gasteiger partial charge >= 0.3 is 12.1 Å². The van der Waals surface area contributed by atoms with E-state index in [4.69, 9.17) is 4.74 Å². The van der Waals surface area contributed by atoms with Crippen LogP contribution in [0.25, 0.3) is 0 Å². The molecule has 7 heteroatoms. The first-order valence-corrected chi connectivity index (χ1v) is 9.39. The highest BCUT2D eigenvalue weighted by Crippen LogP contribution is 2.58. The van der Waals surface area contributed by atoms with E-state index in [1.54, 1.807) is 29.2 Å². The van der Waals surface area contributed by atoms with Crippen LogP contribution in [0.1, 0.15) is 49.1 Å². The molecular formula is C20H22F3NO3. The second-order valence-corrected chi connectivity index (χ2v) is 7.99. The average Bonchev–Trinajstić information content (AvgIpc) is 3.30. The van der Waals surface area contributed by atoms with Crippen molar-refractivity contribution >= 4 is 11.9 Å². The number of esters is 1. The highest BCUT2D eigenvalue weighted by Gasteiger charge is 2.64. The average molecular weight is 381 g/mol. The van der Waals surface area contributed by atoms with E-state index >= 15 is 0 Å². The molecule has 0 radical (unpaired) electrons. The van der Waals surface area contributed by atoms with E-state index in [1.165, 1.54) is 0 Å². The van der Waals surface area contributed by atoms with Gasteiger partial charge in [0.15, 0.2) is 0 Å². The highest BCUT2D eigenvalue weighted by molar-refractivity contribution is 5.77. The molecule has 2 saturated heterocycles. The van der Waals surface area contributed by atoms with E-state index in [-0.39, 0.29) is 36.6 Å². The fourth-order valence-corrected chi connectivity index (χ4v) is 4.06. The Morgan fingerprint density at radius 3 is 2.37 bits per heavy atom. The molecule has 0 unspecified atom stereocenters. The van der Waals surface area contributed by atoms with Crippen LogP contribution < -0.4 is 0 Å². The molecular weight excluding hydrogens is 359 g/mol. The Kier molecular flexibility index (Phi) is 4.43. The van der Waals surface area contributed by atoms with E-state index in [1.807, 2.05) is 0 Å². The third-order valence-electron chi connectivity index (χ3n) is 6.16. The minimum atomic E-state index is -4.19. The molecule has 1 aliphatic carbocycles. The Balaban J connectivity index is 1.27. The first kappa shape index (κ1) is 18.3. The fourth-order valence-electron chi connectivity index (χ4n) is 4.06. The minimum Gasteiger partial charge on any atom is -0.465 e. The van der Waals surface area contributed by atoms with Gasteiger partial charge in [-0.25, -0.2) is 0 Å². The van der Waals surface area contributed by atoms with Gasteiger partial charge in [0.25, 0.3) is 0 Å². The molecule has 1 atom stereocenters. The van der Waals surface area contributed by atoms with Crippen molar-refractivity contribution in [1.82, 2.24) is 4.90 Å². The predicted molar refractivity (Wildman–Crippen MR) is 91.0 cm³/mol. The number of carbonyl (C=O) groups excluding carboxylic acids is 2. The van der Waals surface area contributed by atoms with Gasteiger partial charge in [-0.1, -0.05) is 24.3 Å². The topological polar surface area (TPSA) is 46.6 Å². The summed E-state index contributed by atoms with van der Waals surface area (Å²) in [6.07, 6.45) is -2.41. The van der Waals surface area contributed by atoms with Crippen LogP contribution >= 0.6 is 0 Å². The molecule has 1 amide bonds. The van der Waals surface area contributed by atoms with Crippen LogP contribution in [0.15, 0.2) is 24.3 Å². The summed E-state index contributed by atoms with van der Waals surface area (Å²) in [6.45, 7) is 1.60. The van der Waals surface area contributed by atoms with Gasteiger partial charge < -0.3 is 9.64 Å². The molecule has 0 spiro atoms. The number of cyclic esters (lactones) is 1. The third-order valence-corrected chi connectivity index (χ3v) is 6.16. The van der Waals surface area contributed by atoms with Crippen LogP contribution in [-0.4, -0.2) is 42.6 Å². The number of ether oxygens (including phenoxy) is 1. The Morgan fingerprint density at radius 2 is 1.85 bits per heavy atom. The van der Waals surface area contributed by atoms with Crippen LogP contribution in [0.5, 0.6) is 0 Å².